The standard InChI is InChI=1S/C29H42O9/c1-14(2)21-9-18-10-27(12-30)20-8-7-15(3)19(20)11-28(18,29(21,27)26(33)34)13-36-25-22(32)24(38-17(5)31)23(35-6)16(4)37-25/h9,12,14-16,18-20,22-25,32H,7-8,10-11,13H2,1-6H3,(H,33,34)/t15-,16-,18?,19-,20-,22+,23-,24+,25-,27?,28?,29?/m1/s1. The molecule has 0 radical (unpaired) electrons. The maximum absolute atomic E-state index is 13.6. The summed E-state index contributed by atoms with van der Waals surface area (Å²) in [5.74, 6) is -1.05. The molecule has 5 aliphatic rings. The fourth-order valence-electron chi connectivity index (χ4n) is 9.64. The van der Waals surface area contributed by atoms with Crippen LogP contribution >= 0.6 is 0 Å². The van der Waals surface area contributed by atoms with Crippen LogP contribution in [0.15, 0.2) is 11.6 Å². The predicted octanol–water partition coefficient (Wildman–Crippen LogP) is 2.98. The first-order valence-electron chi connectivity index (χ1n) is 14.0. The number of hydrogen-bond donors (Lipinski definition) is 2. The summed E-state index contributed by atoms with van der Waals surface area (Å²) in [5.41, 5.74) is -2.39. The van der Waals surface area contributed by atoms with Crippen molar-refractivity contribution in [2.24, 2.45) is 45.8 Å². The maximum Gasteiger partial charge on any atom is 0.315 e. The van der Waals surface area contributed by atoms with Gasteiger partial charge in [-0.15, -0.1) is 0 Å². The molecule has 1 aliphatic heterocycles. The number of ether oxygens (including phenoxy) is 4. The molecule has 9 heteroatoms. The molecule has 1 saturated heterocycles. The zero-order valence-electron chi connectivity index (χ0n) is 23.2. The molecule has 9 nitrogen and oxygen atoms in total. The van der Waals surface area contributed by atoms with Crippen LogP contribution in [-0.2, 0) is 33.3 Å². The Labute approximate surface area is 224 Å². The van der Waals surface area contributed by atoms with Crippen LogP contribution in [0.1, 0.15) is 60.3 Å². The van der Waals surface area contributed by atoms with E-state index in [4.69, 9.17) is 18.9 Å². The van der Waals surface area contributed by atoms with E-state index in [0.29, 0.717) is 18.8 Å². The fourth-order valence-corrected chi connectivity index (χ4v) is 9.64. The lowest BCUT2D eigenvalue weighted by molar-refractivity contribution is -0.308. The van der Waals surface area contributed by atoms with Gasteiger partial charge in [0.1, 0.15) is 23.9 Å². The van der Waals surface area contributed by atoms with Crippen LogP contribution in [0.3, 0.4) is 0 Å². The van der Waals surface area contributed by atoms with Crippen LogP contribution in [0.25, 0.3) is 0 Å². The zero-order chi connectivity index (χ0) is 27.8. The highest BCUT2D eigenvalue weighted by molar-refractivity contribution is 5.90. The minimum Gasteiger partial charge on any atom is -0.481 e. The molecule has 0 spiro atoms. The van der Waals surface area contributed by atoms with Crippen LogP contribution in [0.4, 0.5) is 0 Å². The normalized spacial score (nSPS) is 49.1. The number of aliphatic hydroxyl groups is 1. The number of carboxylic acids is 1. The number of hydrogen-bond acceptors (Lipinski definition) is 8. The van der Waals surface area contributed by atoms with E-state index >= 15 is 0 Å². The average molecular weight is 535 g/mol. The van der Waals surface area contributed by atoms with E-state index in [0.717, 1.165) is 24.7 Å². The van der Waals surface area contributed by atoms with E-state index in [1.54, 1.807) is 6.92 Å². The van der Waals surface area contributed by atoms with E-state index in [9.17, 15) is 24.6 Å². The number of esters is 1. The highest BCUT2D eigenvalue weighted by Gasteiger charge is 2.84. The third kappa shape index (κ3) is 3.34. The third-order valence-electron chi connectivity index (χ3n) is 11.0. The summed E-state index contributed by atoms with van der Waals surface area (Å²) in [5, 5.41) is 22.2. The number of fused-ring (bicyclic) bond motifs is 2. The summed E-state index contributed by atoms with van der Waals surface area (Å²) in [7, 11) is 1.46. The molecule has 0 aromatic rings. The van der Waals surface area contributed by atoms with Gasteiger partial charge in [0, 0.05) is 19.4 Å². The number of rotatable bonds is 8. The van der Waals surface area contributed by atoms with E-state index in [-0.39, 0.29) is 30.3 Å². The second-order valence-electron chi connectivity index (χ2n) is 12.8. The summed E-state index contributed by atoms with van der Waals surface area (Å²) in [6.45, 7) is 9.24. The van der Waals surface area contributed by atoms with Crippen LogP contribution < -0.4 is 0 Å². The second-order valence-corrected chi connectivity index (χ2v) is 12.8. The molecule has 0 aromatic heterocycles. The Hall–Kier alpha value is -1.81. The molecule has 2 N–H and O–H groups in total. The lowest BCUT2D eigenvalue weighted by Crippen LogP contribution is -2.64. The van der Waals surface area contributed by atoms with E-state index in [1.165, 1.54) is 14.0 Å². The van der Waals surface area contributed by atoms with Crippen molar-refractivity contribution in [3.63, 3.8) is 0 Å². The zero-order valence-corrected chi connectivity index (χ0v) is 23.2. The largest absolute Gasteiger partial charge is 0.481 e. The van der Waals surface area contributed by atoms with Gasteiger partial charge in [0.25, 0.3) is 0 Å². The first-order chi connectivity index (χ1) is 17.9. The minimum absolute atomic E-state index is 0.0150. The summed E-state index contributed by atoms with van der Waals surface area (Å²) >= 11 is 0. The molecule has 212 valence electrons. The van der Waals surface area contributed by atoms with Crippen LogP contribution in [0.5, 0.6) is 0 Å². The third-order valence-corrected chi connectivity index (χ3v) is 11.0. The van der Waals surface area contributed by atoms with E-state index in [1.807, 2.05) is 13.8 Å². The Morgan fingerprint density at radius 3 is 2.50 bits per heavy atom. The van der Waals surface area contributed by atoms with Gasteiger partial charge in [-0.2, -0.15) is 0 Å². The summed E-state index contributed by atoms with van der Waals surface area (Å²) in [4.78, 5) is 38.5. The number of allylic oxidation sites excluding steroid dienone is 1. The first kappa shape index (κ1) is 27.7. The van der Waals surface area contributed by atoms with Gasteiger partial charge in [0.15, 0.2) is 12.4 Å². The van der Waals surface area contributed by atoms with Gasteiger partial charge >= 0.3 is 11.9 Å². The predicted molar refractivity (Wildman–Crippen MR) is 135 cm³/mol. The van der Waals surface area contributed by atoms with Gasteiger partial charge in [-0.25, -0.2) is 0 Å². The number of aldehydes is 1. The number of aliphatic hydroxyl groups excluding tert-OH is 1. The van der Waals surface area contributed by atoms with Gasteiger partial charge < -0.3 is 34.0 Å². The Balaban J connectivity index is 1.54. The Morgan fingerprint density at radius 2 is 1.92 bits per heavy atom. The quantitative estimate of drug-likeness (QED) is 0.274. The summed E-state index contributed by atoms with van der Waals surface area (Å²) < 4.78 is 23.2. The molecule has 1 heterocycles. The van der Waals surface area contributed by atoms with Crippen LogP contribution in [0, 0.1) is 45.8 Å². The molecule has 0 aromatic carbocycles. The number of carboxylic acid groups (broad SMARTS) is 1. The molecule has 4 aliphatic carbocycles. The minimum atomic E-state index is -1.37. The average Bonchev–Trinajstić information content (AvgIpc) is 3.42. The van der Waals surface area contributed by atoms with Crippen molar-refractivity contribution in [1.82, 2.24) is 0 Å². The molecule has 4 bridgehead atoms. The van der Waals surface area contributed by atoms with Crippen molar-refractivity contribution in [2.75, 3.05) is 13.7 Å². The van der Waals surface area contributed by atoms with Crippen molar-refractivity contribution in [1.29, 1.82) is 0 Å². The lowest BCUT2D eigenvalue weighted by Gasteiger charge is -2.58. The molecular formula is C29H42O9. The van der Waals surface area contributed by atoms with E-state index < -0.39 is 58.9 Å². The maximum atomic E-state index is 13.6. The Kier molecular flexibility index (Phi) is 6.86. The molecule has 4 unspecified atom stereocenters. The number of methoxy groups -OCH3 is 1. The topological polar surface area (TPSA) is 129 Å². The summed E-state index contributed by atoms with van der Waals surface area (Å²) in [6.07, 6.45) is 1.37. The number of carbonyl (C=O) groups excluding carboxylic acids is 2. The van der Waals surface area contributed by atoms with Gasteiger partial charge in [0.2, 0.25) is 0 Å². The fraction of sp³-hybridized carbons (Fsp3) is 0.828. The van der Waals surface area contributed by atoms with Crippen LogP contribution in [-0.4, -0.2) is 72.9 Å². The lowest BCUT2D eigenvalue weighted by atomic mass is 9.43. The Morgan fingerprint density at radius 1 is 1.21 bits per heavy atom. The molecule has 0 amide bonds. The number of carbonyl (C=O) groups is 3. The van der Waals surface area contributed by atoms with Crippen molar-refractivity contribution < 1.29 is 43.5 Å². The van der Waals surface area contributed by atoms with Gasteiger partial charge in [0.05, 0.1) is 18.1 Å². The molecule has 4 fully saturated rings. The Bertz CT molecular complexity index is 1020. The second kappa shape index (κ2) is 9.39. The van der Waals surface area contributed by atoms with Crippen molar-refractivity contribution >= 4 is 18.2 Å². The highest BCUT2D eigenvalue weighted by atomic mass is 16.7. The smallest absolute Gasteiger partial charge is 0.315 e. The number of aliphatic carboxylic acids is 1. The molecule has 38 heavy (non-hydrogen) atoms. The van der Waals surface area contributed by atoms with Gasteiger partial charge in [-0.3, -0.25) is 9.59 Å². The van der Waals surface area contributed by atoms with Gasteiger partial charge in [-0.05, 0) is 55.8 Å². The summed E-state index contributed by atoms with van der Waals surface area (Å²) in [6, 6.07) is 0. The monoisotopic (exact) mass is 534 g/mol. The molecule has 5 rings (SSSR count). The highest BCUT2D eigenvalue weighted by Crippen LogP contribution is 2.82. The first-order valence-corrected chi connectivity index (χ1v) is 14.0. The van der Waals surface area contributed by atoms with E-state index in [2.05, 4.69) is 13.0 Å². The molecule has 3 saturated carbocycles. The van der Waals surface area contributed by atoms with Gasteiger partial charge in [-0.1, -0.05) is 38.8 Å². The molecular weight excluding hydrogens is 492 g/mol. The van der Waals surface area contributed by atoms with Crippen LogP contribution in [0.2, 0.25) is 0 Å². The van der Waals surface area contributed by atoms with Crippen molar-refractivity contribution in [3.8, 4) is 0 Å². The van der Waals surface area contributed by atoms with Crippen molar-refractivity contribution in [2.45, 2.75) is 91.0 Å². The SMILES string of the molecule is CO[C@H]1[C@@H](OC(C)=O)[C@H](O)[C@H](OCC23C[C@@H]4[C@H](C)CC[C@H]4C4(C=O)CC2C=C(C(C)C)C34C(=O)O)O[C@@H]1C. The van der Waals surface area contributed by atoms with Crippen molar-refractivity contribution in [3.05, 3.63) is 11.6 Å². The molecule has 12 atom stereocenters.